The standard InChI is InChI=1S/C21H14BrF2N7O/c22-19-14(9-25)17(18-20(26)27-10-28-31(18)19)12-2-4-13(5-3-12)29-21(32)30-16-7-11(8-23)1-6-15(16)24/h1-7,10H,8H2,(H2,26,27,28)(H2,29,30,32). The summed E-state index contributed by atoms with van der Waals surface area (Å²) in [7, 11) is 0. The Morgan fingerprint density at radius 3 is 2.66 bits per heavy atom. The van der Waals surface area contributed by atoms with Gasteiger partial charge in [0.25, 0.3) is 0 Å². The zero-order valence-electron chi connectivity index (χ0n) is 16.2. The molecule has 8 nitrogen and oxygen atoms in total. The van der Waals surface area contributed by atoms with Gasteiger partial charge in [0.2, 0.25) is 0 Å². The lowest BCUT2D eigenvalue weighted by Gasteiger charge is -2.10. The number of aromatic nitrogens is 3. The summed E-state index contributed by atoms with van der Waals surface area (Å²) in [6.07, 6.45) is 1.29. The van der Waals surface area contributed by atoms with E-state index in [4.69, 9.17) is 5.73 Å². The maximum absolute atomic E-state index is 13.9. The maximum atomic E-state index is 13.9. The van der Waals surface area contributed by atoms with Crippen LogP contribution < -0.4 is 16.4 Å². The van der Waals surface area contributed by atoms with E-state index in [2.05, 4.69) is 42.7 Å². The number of carbonyl (C=O) groups excluding carboxylic acids is 1. The van der Waals surface area contributed by atoms with Crippen molar-refractivity contribution < 1.29 is 13.6 Å². The van der Waals surface area contributed by atoms with Crippen LogP contribution in [0.3, 0.4) is 0 Å². The average Bonchev–Trinajstić information content (AvgIpc) is 3.08. The Balaban J connectivity index is 1.60. The highest BCUT2D eigenvalue weighted by molar-refractivity contribution is 9.10. The zero-order chi connectivity index (χ0) is 22.8. The van der Waals surface area contributed by atoms with Gasteiger partial charge in [-0.25, -0.2) is 23.1 Å². The van der Waals surface area contributed by atoms with Crippen LogP contribution in [0.1, 0.15) is 11.1 Å². The lowest BCUT2D eigenvalue weighted by atomic mass is 10.0. The predicted molar refractivity (Wildman–Crippen MR) is 119 cm³/mol. The first kappa shape index (κ1) is 21.2. The van der Waals surface area contributed by atoms with Crippen LogP contribution in [0.15, 0.2) is 53.4 Å². The van der Waals surface area contributed by atoms with Crippen molar-refractivity contribution in [1.82, 2.24) is 14.6 Å². The van der Waals surface area contributed by atoms with Gasteiger partial charge in [-0.05, 0) is 51.3 Å². The molecule has 0 saturated carbocycles. The zero-order valence-corrected chi connectivity index (χ0v) is 17.8. The van der Waals surface area contributed by atoms with Gasteiger partial charge < -0.3 is 16.4 Å². The van der Waals surface area contributed by atoms with Crippen LogP contribution in [0, 0.1) is 17.1 Å². The van der Waals surface area contributed by atoms with E-state index in [0.717, 1.165) is 6.07 Å². The number of fused-ring (bicyclic) bond motifs is 1. The van der Waals surface area contributed by atoms with Gasteiger partial charge in [-0.15, -0.1) is 0 Å². The fourth-order valence-corrected chi connectivity index (χ4v) is 3.77. The van der Waals surface area contributed by atoms with E-state index >= 15 is 0 Å². The summed E-state index contributed by atoms with van der Waals surface area (Å²) in [5.41, 5.74) is 8.53. The Bertz CT molecular complexity index is 1380. The van der Waals surface area contributed by atoms with E-state index in [0.29, 0.717) is 32.5 Å². The third kappa shape index (κ3) is 3.83. The van der Waals surface area contributed by atoms with Crippen molar-refractivity contribution in [2.75, 3.05) is 16.4 Å². The van der Waals surface area contributed by atoms with Gasteiger partial charge >= 0.3 is 6.03 Å². The molecule has 11 heteroatoms. The number of benzene rings is 2. The number of hydrogen-bond acceptors (Lipinski definition) is 5. The van der Waals surface area contributed by atoms with Crippen LogP contribution in [-0.4, -0.2) is 20.6 Å². The fourth-order valence-electron chi connectivity index (χ4n) is 3.22. The van der Waals surface area contributed by atoms with Gasteiger partial charge in [0.05, 0.1) is 11.3 Å². The molecule has 0 fully saturated rings. The molecule has 2 heterocycles. The SMILES string of the molecule is N#Cc1c(-c2ccc(NC(=O)Nc3cc(CF)ccc3F)cc2)c2c(N)ncnn2c1Br. The number of halogens is 3. The monoisotopic (exact) mass is 497 g/mol. The number of hydrogen-bond donors (Lipinski definition) is 3. The summed E-state index contributed by atoms with van der Waals surface area (Å²) < 4.78 is 28.6. The van der Waals surface area contributed by atoms with Crippen LogP contribution >= 0.6 is 15.9 Å². The topological polar surface area (TPSA) is 121 Å². The van der Waals surface area contributed by atoms with E-state index in [1.54, 1.807) is 24.3 Å². The van der Waals surface area contributed by atoms with Crippen molar-refractivity contribution in [2.45, 2.75) is 6.67 Å². The molecule has 0 aliphatic carbocycles. The smallest absolute Gasteiger partial charge is 0.323 e. The number of nitrogens with two attached hydrogens (primary N) is 1. The molecule has 4 rings (SSSR count). The van der Waals surface area contributed by atoms with Crippen LogP contribution in [0.25, 0.3) is 16.6 Å². The molecule has 0 aliphatic rings. The van der Waals surface area contributed by atoms with Gasteiger partial charge in [-0.2, -0.15) is 10.4 Å². The Morgan fingerprint density at radius 2 is 1.97 bits per heavy atom. The molecule has 0 aliphatic heterocycles. The number of nitriles is 1. The lowest BCUT2D eigenvalue weighted by Crippen LogP contribution is -2.20. The first-order chi connectivity index (χ1) is 15.4. The summed E-state index contributed by atoms with van der Waals surface area (Å²) >= 11 is 3.36. The van der Waals surface area contributed by atoms with E-state index in [1.165, 1.54) is 23.0 Å². The molecule has 0 spiro atoms. The summed E-state index contributed by atoms with van der Waals surface area (Å²) in [4.78, 5) is 16.2. The van der Waals surface area contributed by atoms with Crippen LogP contribution in [-0.2, 0) is 6.67 Å². The van der Waals surface area contributed by atoms with Gasteiger partial charge in [0.15, 0.2) is 5.82 Å². The fraction of sp³-hybridized carbons (Fsp3) is 0.0476. The molecule has 2 aromatic carbocycles. The molecular formula is C21H14BrF2N7O. The Labute approximate surface area is 188 Å². The number of nitrogen functional groups attached to an aromatic ring is 1. The number of alkyl halides is 1. The number of nitrogens with one attached hydrogen (secondary N) is 2. The molecule has 0 radical (unpaired) electrons. The second-order valence-electron chi connectivity index (χ2n) is 6.66. The van der Waals surface area contributed by atoms with Crippen molar-refractivity contribution in [1.29, 1.82) is 5.26 Å². The number of anilines is 3. The van der Waals surface area contributed by atoms with Crippen LogP contribution in [0.2, 0.25) is 0 Å². The first-order valence-corrected chi connectivity index (χ1v) is 9.95. The Hall–Kier alpha value is -4.04. The Morgan fingerprint density at radius 1 is 1.22 bits per heavy atom. The van der Waals surface area contributed by atoms with Crippen LogP contribution in [0.4, 0.5) is 30.8 Å². The third-order valence-corrected chi connectivity index (χ3v) is 5.41. The first-order valence-electron chi connectivity index (χ1n) is 9.16. The van der Waals surface area contributed by atoms with E-state index in [1.807, 2.05) is 0 Å². The minimum atomic E-state index is -0.775. The second kappa shape index (κ2) is 8.60. The highest BCUT2D eigenvalue weighted by Crippen LogP contribution is 2.37. The molecule has 2 amide bonds. The van der Waals surface area contributed by atoms with Gasteiger partial charge in [0.1, 0.15) is 35.0 Å². The molecule has 2 aromatic heterocycles. The maximum Gasteiger partial charge on any atom is 0.323 e. The lowest BCUT2D eigenvalue weighted by molar-refractivity contribution is 0.262. The molecule has 4 N–H and O–H groups in total. The molecule has 32 heavy (non-hydrogen) atoms. The molecular weight excluding hydrogens is 484 g/mol. The van der Waals surface area contributed by atoms with Crippen molar-refractivity contribution in [3.63, 3.8) is 0 Å². The van der Waals surface area contributed by atoms with Crippen molar-refractivity contribution in [3.8, 4) is 17.2 Å². The molecule has 160 valence electrons. The number of urea groups is 1. The molecule has 0 bridgehead atoms. The van der Waals surface area contributed by atoms with Crippen molar-refractivity contribution in [3.05, 3.63) is 70.3 Å². The molecule has 0 atom stereocenters. The van der Waals surface area contributed by atoms with E-state index in [9.17, 15) is 18.8 Å². The molecule has 0 saturated heterocycles. The van der Waals surface area contributed by atoms with Gasteiger partial charge in [-0.1, -0.05) is 18.2 Å². The number of carbonyl (C=O) groups is 1. The normalized spacial score (nSPS) is 10.7. The van der Waals surface area contributed by atoms with Crippen molar-refractivity contribution in [2.24, 2.45) is 0 Å². The second-order valence-corrected chi connectivity index (χ2v) is 7.41. The largest absolute Gasteiger partial charge is 0.382 e. The average molecular weight is 498 g/mol. The minimum Gasteiger partial charge on any atom is -0.382 e. The quantitative estimate of drug-likeness (QED) is 0.371. The van der Waals surface area contributed by atoms with E-state index < -0.39 is 18.5 Å². The Kier molecular flexibility index (Phi) is 5.70. The van der Waals surface area contributed by atoms with E-state index in [-0.39, 0.29) is 17.1 Å². The van der Waals surface area contributed by atoms with Gasteiger partial charge in [0, 0.05) is 11.3 Å². The number of rotatable bonds is 4. The molecule has 4 aromatic rings. The predicted octanol–water partition coefficient (Wildman–Crippen LogP) is 4.87. The highest BCUT2D eigenvalue weighted by Gasteiger charge is 2.21. The highest BCUT2D eigenvalue weighted by atomic mass is 79.9. The van der Waals surface area contributed by atoms with Crippen molar-refractivity contribution >= 4 is 44.7 Å². The van der Waals surface area contributed by atoms with Gasteiger partial charge in [-0.3, -0.25) is 0 Å². The minimum absolute atomic E-state index is 0.131. The summed E-state index contributed by atoms with van der Waals surface area (Å²) in [5.74, 6) is -0.473. The summed E-state index contributed by atoms with van der Waals surface area (Å²) in [6, 6.07) is 11.7. The summed E-state index contributed by atoms with van der Waals surface area (Å²) in [6.45, 7) is -0.775. The summed E-state index contributed by atoms with van der Waals surface area (Å²) in [5, 5.41) is 18.7. The third-order valence-electron chi connectivity index (χ3n) is 4.67. The van der Waals surface area contributed by atoms with Crippen LogP contribution in [0.5, 0.6) is 0 Å². The number of nitrogens with zero attached hydrogens (tertiary/aromatic N) is 4. The number of amides is 2. The molecule has 0 unspecified atom stereocenters.